The molecule has 0 aromatic rings. The molecule has 3 fully saturated rings. The zero-order valence-electron chi connectivity index (χ0n) is 14.8. The van der Waals surface area contributed by atoms with Gasteiger partial charge in [0.15, 0.2) is 0 Å². The molecular formula is C17H28N4O3. The number of amides is 4. The average molecular weight is 336 g/mol. The Balaban J connectivity index is 1.68. The van der Waals surface area contributed by atoms with Gasteiger partial charge < -0.3 is 10.2 Å². The lowest BCUT2D eigenvalue weighted by atomic mass is 9.88. The maximum absolute atomic E-state index is 12.9. The summed E-state index contributed by atoms with van der Waals surface area (Å²) < 4.78 is 0. The minimum atomic E-state index is -0.869. The topological polar surface area (TPSA) is 81.8 Å². The number of urea groups is 1. The van der Waals surface area contributed by atoms with Crippen LogP contribution in [0.5, 0.6) is 0 Å². The van der Waals surface area contributed by atoms with Crippen LogP contribution in [0, 0.1) is 11.8 Å². The van der Waals surface area contributed by atoms with E-state index in [1.54, 1.807) is 0 Å². The molecule has 0 aromatic heterocycles. The number of hydrogen-bond acceptors (Lipinski definition) is 4. The number of rotatable bonds is 2. The Hall–Kier alpha value is -1.63. The molecule has 3 aliphatic heterocycles. The zero-order chi connectivity index (χ0) is 17.5. The monoisotopic (exact) mass is 336 g/mol. The van der Waals surface area contributed by atoms with Gasteiger partial charge >= 0.3 is 6.03 Å². The number of imide groups is 1. The van der Waals surface area contributed by atoms with E-state index in [1.807, 2.05) is 16.7 Å². The third-order valence-corrected chi connectivity index (χ3v) is 5.62. The Labute approximate surface area is 143 Å². The third-order valence-electron chi connectivity index (χ3n) is 5.62. The van der Waals surface area contributed by atoms with Crippen LogP contribution in [0.4, 0.5) is 4.79 Å². The van der Waals surface area contributed by atoms with Crippen LogP contribution in [0.2, 0.25) is 0 Å². The molecule has 4 amide bonds. The molecule has 0 saturated carbocycles. The Morgan fingerprint density at radius 1 is 1.25 bits per heavy atom. The molecule has 134 valence electrons. The Morgan fingerprint density at radius 3 is 2.50 bits per heavy atom. The van der Waals surface area contributed by atoms with Crippen LogP contribution in [0.15, 0.2) is 0 Å². The van der Waals surface area contributed by atoms with E-state index >= 15 is 0 Å². The lowest BCUT2D eigenvalue weighted by Gasteiger charge is -2.43. The molecule has 3 saturated heterocycles. The summed E-state index contributed by atoms with van der Waals surface area (Å²) in [5.41, 5.74) is -0.869. The number of nitrogens with zero attached hydrogens (tertiary/aromatic N) is 2. The summed E-state index contributed by atoms with van der Waals surface area (Å²) in [5.74, 6) is 0.919. The molecule has 7 heteroatoms. The lowest BCUT2D eigenvalue weighted by Crippen LogP contribution is -2.62. The molecule has 1 spiro atoms. The van der Waals surface area contributed by atoms with Gasteiger partial charge in [-0.2, -0.15) is 0 Å². The Morgan fingerprint density at radius 2 is 1.92 bits per heavy atom. The van der Waals surface area contributed by atoms with E-state index in [0.29, 0.717) is 24.8 Å². The number of piperidine rings is 2. The quantitative estimate of drug-likeness (QED) is 0.722. The maximum Gasteiger partial charge on any atom is 0.322 e. The van der Waals surface area contributed by atoms with Gasteiger partial charge in [-0.3, -0.25) is 19.8 Å². The molecule has 7 nitrogen and oxygen atoms in total. The predicted octanol–water partition coefficient (Wildman–Crippen LogP) is 0.553. The maximum atomic E-state index is 12.9. The molecule has 3 aliphatic rings. The van der Waals surface area contributed by atoms with Crippen molar-refractivity contribution in [3.05, 3.63) is 0 Å². The highest BCUT2D eigenvalue weighted by Gasteiger charge is 2.50. The van der Waals surface area contributed by atoms with Crippen molar-refractivity contribution in [3.8, 4) is 0 Å². The fourth-order valence-electron chi connectivity index (χ4n) is 4.50. The van der Waals surface area contributed by atoms with Crippen LogP contribution >= 0.6 is 0 Å². The van der Waals surface area contributed by atoms with Gasteiger partial charge in [0, 0.05) is 19.6 Å². The van der Waals surface area contributed by atoms with Crippen molar-refractivity contribution in [1.29, 1.82) is 0 Å². The van der Waals surface area contributed by atoms with Gasteiger partial charge in [0.2, 0.25) is 5.91 Å². The number of likely N-dealkylation sites (tertiary alicyclic amines) is 2. The molecule has 24 heavy (non-hydrogen) atoms. The lowest BCUT2D eigenvalue weighted by molar-refractivity contribution is -0.141. The molecule has 0 radical (unpaired) electrons. The van der Waals surface area contributed by atoms with Crippen LogP contribution in [0.25, 0.3) is 0 Å². The highest BCUT2D eigenvalue weighted by Crippen LogP contribution is 2.27. The van der Waals surface area contributed by atoms with E-state index in [1.165, 1.54) is 0 Å². The predicted molar refractivity (Wildman–Crippen MR) is 89.2 cm³/mol. The van der Waals surface area contributed by atoms with Crippen LogP contribution < -0.4 is 10.6 Å². The molecular weight excluding hydrogens is 308 g/mol. The summed E-state index contributed by atoms with van der Waals surface area (Å²) in [5, 5.41) is 5.10. The second-order valence-corrected chi connectivity index (χ2v) is 7.93. The second-order valence-electron chi connectivity index (χ2n) is 7.93. The standard InChI is InChI=1S/C17H28N4O3/c1-11-7-12(2)9-21(8-11)14(22)13(3)20-6-4-5-17(10-20)15(23)18-16(24)19-17/h11-13H,4-10H2,1-3H3,(H2,18,19,23,24)/t11-,12+,13-,17-/m0/s1. The Bertz CT molecular complexity index is 542. The SMILES string of the molecule is C[C@@H]1C[C@H](C)CN(C(=O)[C@H](C)N2CCC[C@@]3(C2)NC(=O)NC3=O)C1. The van der Waals surface area contributed by atoms with Gasteiger partial charge in [0.1, 0.15) is 5.54 Å². The molecule has 3 rings (SSSR count). The average Bonchev–Trinajstić information content (AvgIpc) is 2.78. The van der Waals surface area contributed by atoms with Crippen molar-refractivity contribution in [2.75, 3.05) is 26.2 Å². The number of nitrogens with one attached hydrogen (secondary N) is 2. The summed E-state index contributed by atoms with van der Waals surface area (Å²) >= 11 is 0. The van der Waals surface area contributed by atoms with Crippen molar-refractivity contribution >= 4 is 17.8 Å². The fraction of sp³-hybridized carbons (Fsp3) is 0.824. The van der Waals surface area contributed by atoms with E-state index in [2.05, 4.69) is 24.5 Å². The van der Waals surface area contributed by atoms with Crippen LogP contribution in [0.3, 0.4) is 0 Å². The van der Waals surface area contributed by atoms with E-state index in [9.17, 15) is 14.4 Å². The van der Waals surface area contributed by atoms with Crippen molar-refractivity contribution < 1.29 is 14.4 Å². The van der Waals surface area contributed by atoms with Gasteiger partial charge in [0.05, 0.1) is 6.04 Å². The van der Waals surface area contributed by atoms with Gasteiger partial charge in [-0.25, -0.2) is 4.79 Å². The first-order valence-electron chi connectivity index (χ1n) is 8.97. The van der Waals surface area contributed by atoms with Crippen LogP contribution in [-0.4, -0.2) is 65.4 Å². The minimum absolute atomic E-state index is 0.134. The summed E-state index contributed by atoms with van der Waals surface area (Å²) in [6.45, 7) is 9.09. The molecule has 0 bridgehead atoms. The molecule has 0 aliphatic carbocycles. The van der Waals surface area contributed by atoms with E-state index < -0.39 is 11.6 Å². The van der Waals surface area contributed by atoms with E-state index in [-0.39, 0.29) is 17.9 Å². The number of hydrogen-bond donors (Lipinski definition) is 2. The third kappa shape index (κ3) is 3.14. The van der Waals surface area contributed by atoms with Crippen molar-refractivity contribution in [3.63, 3.8) is 0 Å². The van der Waals surface area contributed by atoms with Crippen LogP contribution in [-0.2, 0) is 9.59 Å². The minimum Gasteiger partial charge on any atom is -0.341 e. The van der Waals surface area contributed by atoms with Crippen molar-refractivity contribution in [2.24, 2.45) is 11.8 Å². The summed E-state index contributed by atoms with van der Waals surface area (Å²) in [7, 11) is 0. The van der Waals surface area contributed by atoms with Gasteiger partial charge in [-0.05, 0) is 44.6 Å². The summed E-state index contributed by atoms with van der Waals surface area (Å²) in [6.07, 6.45) is 2.58. The van der Waals surface area contributed by atoms with Gasteiger partial charge in [-0.1, -0.05) is 13.8 Å². The molecule has 3 heterocycles. The number of carbonyl (C=O) groups is 3. The van der Waals surface area contributed by atoms with Crippen molar-refractivity contribution in [1.82, 2.24) is 20.4 Å². The first-order valence-corrected chi connectivity index (χ1v) is 8.97. The van der Waals surface area contributed by atoms with Gasteiger partial charge in [0.25, 0.3) is 5.91 Å². The molecule has 0 unspecified atom stereocenters. The molecule has 0 aromatic carbocycles. The number of carbonyl (C=O) groups excluding carboxylic acids is 3. The summed E-state index contributed by atoms with van der Waals surface area (Å²) in [6, 6.07) is -0.704. The smallest absolute Gasteiger partial charge is 0.322 e. The molecule has 2 N–H and O–H groups in total. The first kappa shape index (κ1) is 17.2. The first-order chi connectivity index (χ1) is 11.3. The second kappa shape index (κ2) is 6.35. The highest BCUT2D eigenvalue weighted by molar-refractivity contribution is 6.07. The molecule has 4 atom stereocenters. The van der Waals surface area contributed by atoms with E-state index in [0.717, 1.165) is 32.5 Å². The highest BCUT2D eigenvalue weighted by atomic mass is 16.2. The van der Waals surface area contributed by atoms with Crippen molar-refractivity contribution in [2.45, 2.75) is 51.6 Å². The fourth-order valence-corrected chi connectivity index (χ4v) is 4.50. The normalized spacial score (nSPS) is 35.7. The summed E-state index contributed by atoms with van der Waals surface area (Å²) in [4.78, 5) is 40.6. The van der Waals surface area contributed by atoms with Gasteiger partial charge in [-0.15, -0.1) is 0 Å². The van der Waals surface area contributed by atoms with E-state index in [4.69, 9.17) is 0 Å². The Kier molecular flexibility index (Phi) is 4.55. The van der Waals surface area contributed by atoms with Crippen LogP contribution in [0.1, 0.15) is 40.0 Å². The largest absolute Gasteiger partial charge is 0.341 e. The zero-order valence-corrected chi connectivity index (χ0v) is 14.8.